The monoisotopic (exact) mass is 361 g/mol. The molecule has 0 aromatic heterocycles. The van der Waals surface area contributed by atoms with Crippen LogP contribution in [0.3, 0.4) is 0 Å². The van der Waals surface area contributed by atoms with E-state index in [1.807, 2.05) is 78.9 Å². The zero-order chi connectivity index (χ0) is 19.1. The summed E-state index contributed by atoms with van der Waals surface area (Å²) in [5.41, 5.74) is 4.05. The van der Waals surface area contributed by atoms with Crippen molar-refractivity contribution in [2.75, 3.05) is 6.61 Å². The second kappa shape index (κ2) is 9.01. The van der Waals surface area contributed by atoms with Crippen LogP contribution in [0.2, 0.25) is 0 Å². The summed E-state index contributed by atoms with van der Waals surface area (Å²) in [7, 11) is 0. The van der Waals surface area contributed by atoms with Gasteiger partial charge < -0.3 is 15.2 Å². The van der Waals surface area contributed by atoms with Crippen molar-refractivity contribution < 1.29 is 14.6 Å². The predicted octanol–water partition coefficient (Wildman–Crippen LogP) is 4.10. The Hall–Kier alpha value is -3.11. The zero-order valence-corrected chi connectivity index (χ0v) is 15.3. The molecule has 1 amide bonds. The number of carbonyl (C=O) groups excluding carboxylic acids is 1. The summed E-state index contributed by atoms with van der Waals surface area (Å²) in [5, 5.41) is 12.4. The molecule has 0 saturated carbocycles. The van der Waals surface area contributed by atoms with Crippen molar-refractivity contribution in [3.05, 3.63) is 90.0 Å². The van der Waals surface area contributed by atoms with Crippen LogP contribution >= 0.6 is 0 Å². The Morgan fingerprint density at radius 1 is 0.926 bits per heavy atom. The number of amides is 1. The molecule has 0 aliphatic heterocycles. The van der Waals surface area contributed by atoms with E-state index in [1.54, 1.807) is 6.92 Å². The van der Waals surface area contributed by atoms with Gasteiger partial charge >= 0.3 is 0 Å². The summed E-state index contributed by atoms with van der Waals surface area (Å²) in [4.78, 5) is 11.9. The molecule has 2 N–H and O–H groups in total. The van der Waals surface area contributed by atoms with Crippen LogP contribution < -0.4 is 10.1 Å². The zero-order valence-electron chi connectivity index (χ0n) is 15.3. The lowest BCUT2D eigenvalue weighted by molar-refractivity contribution is -0.123. The van der Waals surface area contributed by atoms with Gasteiger partial charge in [-0.1, -0.05) is 66.7 Å². The second-order valence-corrected chi connectivity index (χ2v) is 6.37. The van der Waals surface area contributed by atoms with E-state index in [2.05, 4.69) is 5.32 Å². The Labute approximate surface area is 159 Å². The standard InChI is InChI=1S/C23H23NO3/c1-17(25)19-7-9-20(10-8-19)21-11-13-22(14-12-21)27-16-23(26)24-15-18-5-3-2-4-6-18/h2-14,17,25H,15-16H2,1H3,(H,24,26). The molecular weight excluding hydrogens is 338 g/mol. The van der Waals surface area contributed by atoms with E-state index < -0.39 is 6.10 Å². The highest BCUT2D eigenvalue weighted by Gasteiger charge is 2.05. The second-order valence-electron chi connectivity index (χ2n) is 6.37. The fourth-order valence-corrected chi connectivity index (χ4v) is 2.69. The highest BCUT2D eigenvalue weighted by atomic mass is 16.5. The molecule has 0 aliphatic carbocycles. The van der Waals surface area contributed by atoms with Gasteiger partial charge in [0.1, 0.15) is 5.75 Å². The normalized spacial score (nSPS) is 11.6. The van der Waals surface area contributed by atoms with Crippen LogP contribution in [0.1, 0.15) is 24.2 Å². The maximum absolute atomic E-state index is 11.9. The number of nitrogens with one attached hydrogen (secondary N) is 1. The quantitative estimate of drug-likeness (QED) is 0.666. The summed E-state index contributed by atoms with van der Waals surface area (Å²) >= 11 is 0. The third-order valence-corrected chi connectivity index (χ3v) is 4.28. The molecule has 138 valence electrons. The van der Waals surface area contributed by atoms with Gasteiger partial charge in [-0.15, -0.1) is 0 Å². The molecule has 0 heterocycles. The average Bonchev–Trinajstić information content (AvgIpc) is 2.72. The molecular formula is C23H23NO3. The van der Waals surface area contributed by atoms with Crippen molar-refractivity contribution >= 4 is 5.91 Å². The van der Waals surface area contributed by atoms with E-state index in [0.29, 0.717) is 12.3 Å². The van der Waals surface area contributed by atoms with E-state index >= 15 is 0 Å². The van der Waals surface area contributed by atoms with Gasteiger partial charge in [-0.2, -0.15) is 0 Å². The van der Waals surface area contributed by atoms with E-state index in [4.69, 9.17) is 4.74 Å². The maximum Gasteiger partial charge on any atom is 0.258 e. The number of rotatable bonds is 7. The smallest absolute Gasteiger partial charge is 0.258 e. The van der Waals surface area contributed by atoms with Crippen LogP contribution in [0.15, 0.2) is 78.9 Å². The molecule has 0 saturated heterocycles. The topological polar surface area (TPSA) is 58.6 Å². The fourth-order valence-electron chi connectivity index (χ4n) is 2.69. The minimum absolute atomic E-state index is 0.0186. The minimum atomic E-state index is -0.470. The van der Waals surface area contributed by atoms with Crippen LogP contribution in [0.5, 0.6) is 5.75 Å². The maximum atomic E-state index is 11.9. The lowest BCUT2D eigenvalue weighted by Gasteiger charge is -2.09. The SMILES string of the molecule is CC(O)c1ccc(-c2ccc(OCC(=O)NCc3ccccc3)cc2)cc1. The Kier molecular flexibility index (Phi) is 6.23. The van der Waals surface area contributed by atoms with Gasteiger partial charge in [-0.05, 0) is 41.3 Å². The Morgan fingerprint density at radius 3 is 2.11 bits per heavy atom. The molecule has 4 heteroatoms. The third kappa shape index (κ3) is 5.43. The number of hydrogen-bond acceptors (Lipinski definition) is 3. The summed E-state index contributed by atoms with van der Waals surface area (Å²) in [6, 6.07) is 25.2. The van der Waals surface area contributed by atoms with Crippen LogP contribution in [-0.2, 0) is 11.3 Å². The molecule has 0 fully saturated rings. The first-order chi connectivity index (χ1) is 13.1. The van der Waals surface area contributed by atoms with Gasteiger partial charge in [0.2, 0.25) is 0 Å². The number of benzene rings is 3. The Morgan fingerprint density at radius 2 is 1.52 bits per heavy atom. The molecule has 4 nitrogen and oxygen atoms in total. The first-order valence-electron chi connectivity index (χ1n) is 8.94. The van der Waals surface area contributed by atoms with Crippen molar-refractivity contribution in [3.63, 3.8) is 0 Å². The largest absolute Gasteiger partial charge is 0.484 e. The molecule has 27 heavy (non-hydrogen) atoms. The van der Waals surface area contributed by atoms with Gasteiger partial charge in [0.05, 0.1) is 6.10 Å². The van der Waals surface area contributed by atoms with Crippen LogP contribution in [-0.4, -0.2) is 17.6 Å². The number of aliphatic hydroxyl groups excluding tert-OH is 1. The Balaban J connectivity index is 1.50. The molecule has 0 bridgehead atoms. The van der Waals surface area contributed by atoms with Crippen LogP contribution in [0.25, 0.3) is 11.1 Å². The molecule has 3 aromatic rings. The number of carbonyl (C=O) groups is 1. The molecule has 0 aliphatic rings. The highest BCUT2D eigenvalue weighted by molar-refractivity contribution is 5.77. The molecule has 1 unspecified atom stereocenters. The molecule has 3 aromatic carbocycles. The van der Waals surface area contributed by atoms with Crippen LogP contribution in [0.4, 0.5) is 0 Å². The summed E-state index contributed by atoms with van der Waals surface area (Å²) in [5.74, 6) is 0.492. The molecule has 0 spiro atoms. The van der Waals surface area contributed by atoms with E-state index in [-0.39, 0.29) is 12.5 Å². The van der Waals surface area contributed by atoms with Crippen molar-refractivity contribution in [3.8, 4) is 16.9 Å². The number of hydrogen-bond donors (Lipinski definition) is 2. The third-order valence-electron chi connectivity index (χ3n) is 4.28. The van der Waals surface area contributed by atoms with E-state index in [0.717, 1.165) is 22.3 Å². The lowest BCUT2D eigenvalue weighted by atomic mass is 10.0. The Bertz CT molecular complexity index is 856. The van der Waals surface area contributed by atoms with Gasteiger partial charge in [-0.25, -0.2) is 0 Å². The molecule has 0 radical (unpaired) electrons. The fraction of sp³-hybridized carbons (Fsp3) is 0.174. The summed E-state index contributed by atoms with van der Waals surface area (Å²) in [6.45, 7) is 2.22. The summed E-state index contributed by atoms with van der Waals surface area (Å²) in [6.07, 6.45) is -0.470. The average molecular weight is 361 g/mol. The van der Waals surface area contributed by atoms with Crippen molar-refractivity contribution in [1.82, 2.24) is 5.32 Å². The van der Waals surface area contributed by atoms with Crippen LogP contribution in [0, 0.1) is 0 Å². The highest BCUT2D eigenvalue weighted by Crippen LogP contribution is 2.24. The number of ether oxygens (including phenoxy) is 1. The van der Waals surface area contributed by atoms with Gasteiger partial charge in [0.25, 0.3) is 5.91 Å². The van der Waals surface area contributed by atoms with Gasteiger partial charge in [0.15, 0.2) is 6.61 Å². The molecule has 3 rings (SSSR count). The van der Waals surface area contributed by atoms with E-state index in [9.17, 15) is 9.90 Å². The predicted molar refractivity (Wildman–Crippen MR) is 106 cm³/mol. The van der Waals surface area contributed by atoms with Crippen molar-refractivity contribution in [2.45, 2.75) is 19.6 Å². The van der Waals surface area contributed by atoms with E-state index in [1.165, 1.54) is 0 Å². The first-order valence-corrected chi connectivity index (χ1v) is 8.94. The summed E-state index contributed by atoms with van der Waals surface area (Å²) < 4.78 is 5.55. The van der Waals surface area contributed by atoms with Crippen molar-refractivity contribution in [2.24, 2.45) is 0 Å². The van der Waals surface area contributed by atoms with Gasteiger partial charge in [0, 0.05) is 6.54 Å². The first kappa shape index (κ1) is 18.7. The number of aliphatic hydroxyl groups is 1. The van der Waals surface area contributed by atoms with Crippen molar-refractivity contribution in [1.29, 1.82) is 0 Å². The molecule has 1 atom stereocenters. The lowest BCUT2D eigenvalue weighted by Crippen LogP contribution is -2.28. The van der Waals surface area contributed by atoms with Gasteiger partial charge in [-0.3, -0.25) is 4.79 Å². The minimum Gasteiger partial charge on any atom is -0.484 e.